The Hall–Kier alpha value is -2.60. The molecule has 0 radical (unpaired) electrons. The van der Waals surface area contributed by atoms with Gasteiger partial charge in [-0.05, 0) is 49.3 Å². The van der Waals surface area contributed by atoms with Gasteiger partial charge in [-0.25, -0.2) is 9.98 Å². The van der Waals surface area contributed by atoms with E-state index < -0.39 is 0 Å². The lowest BCUT2D eigenvalue weighted by Crippen LogP contribution is -2.22. The van der Waals surface area contributed by atoms with Crippen LogP contribution in [0.3, 0.4) is 0 Å². The Kier molecular flexibility index (Phi) is 7.41. The van der Waals surface area contributed by atoms with Gasteiger partial charge in [-0.3, -0.25) is 0 Å². The molecule has 3 N–H and O–H groups in total. The van der Waals surface area contributed by atoms with Crippen LogP contribution in [0.2, 0.25) is 0 Å². The normalized spacial score (nSPS) is 11.8. The maximum absolute atomic E-state index is 6.02. The molecule has 0 fully saturated rings. The molecule has 26 heavy (non-hydrogen) atoms. The van der Waals surface area contributed by atoms with Crippen molar-refractivity contribution >= 4 is 11.6 Å². The number of aliphatic imine (C=N–C) groups is 1. The van der Waals surface area contributed by atoms with Gasteiger partial charge in [-0.2, -0.15) is 0 Å². The summed E-state index contributed by atoms with van der Waals surface area (Å²) in [5.41, 5.74) is 9.22. The van der Waals surface area contributed by atoms with E-state index in [0.29, 0.717) is 30.9 Å². The standard InChI is InChI=1S/C20H29N5O/c1-15(2)17-6-5-7-18(13-17)24-20(21)23-14-16-8-9-22-19(12-16)26-11-10-25(3)4/h5-9,12-13,15H,10-11,14H2,1-4H3,(H3,21,23,24). The van der Waals surface area contributed by atoms with Gasteiger partial charge in [0.05, 0.1) is 6.54 Å². The highest BCUT2D eigenvalue weighted by molar-refractivity contribution is 5.92. The number of anilines is 1. The zero-order valence-corrected chi connectivity index (χ0v) is 16.1. The average molecular weight is 355 g/mol. The van der Waals surface area contributed by atoms with Gasteiger partial charge >= 0.3 is 0 Å². The lowest BCUT2D eigenvalue weighted by Gasteiger charge is -2.11. The second-order valence-electron chi connectivity index (χ2n) is 6.76. The summed E-state index contributed by atoms with van der Waals surface area (Å²) < 4.78 is 5.65. The molecule has 0 aliphatic heterocycles. The van der Waals surface area contributed by atoms with Gasteiger partial charge in [-0.15, -0.1) is 0 Å². The molecule has 140 valence electrons. The second kappa shape index (κ2) is 9.77. The number of hydrogen-bond donors (Lipinski definition) is 2. The number of nitrogens with one attached hydrogen (secondary N) is 1. The monoisotopic (exact) mass is 355 g/mol. The fraction of sp³-hybridized carbons (Fsp3) is 0.400. The Bertz CT molecular complexity index is 728. The molecule has 1 aromatic heterocycles. The van der Waals surface area contributed by atoms with Gasteiger partial charge in [0.1, 0.15) is 6.61 Å². The molecule has 0 aliphatic carbocycles. The summed E-state index contributed by atoms with van der Waals surface area (Å²) in [6.45, 7) is 6.24. The van der Waals surface area contributed by atoms with Crippen molar-refractivity contribution < 1.29 is 4.74 Å². The number of pyridine rings is 1. The van der Waals surface area contributed by atoms with Crippen molar-refractivity contribution in [2.24, 2.45) is 10.7 Å². The van der Waals surface area contributed by atoms with Crippen molar-refractivity contribution in [1.29, 1.82) is 0 Å². The first-order valence-corrected chi connectivity index (χ1v) is 8.83. The summed E-state index contributed by atoms with van der Waals surface area (Å²) in [5.74, 6) is 1.46. The number of nitrogens with zero attached hydrogens (tertiary/aromatic N) is 3. The highest BCUT2D eigenvalue weighted by atomic mass is 16.5. The van der Waals surface area contributed by atoms with E-state index in [0.717, 1.165) is 17.8 Å². The number of ether oxygens (including phenoxy) is 1. The molecule has 0 atom stereocenters. The number of hydrogen-bond acceptors (Lipinski definition) is 4. The minimum absolute atomic E-state index is 0.387. The molecule has 0 bridgehead atoms. The van der Waals surface area contributed by atoms with Crippen LogP contribution in [0.5, 0.6) is 5.88 Å². The lowest BCUT2D eigenvalue weighted by molar-refractivity contribution is 0.253. The Morgan fingerprint density at radius 3 is 2.81 bits per heavy atom. The Labute approximate surface area is 156 Å². The molecule has 0 amide bonds. The lowest BCUT2D eigenvalue weighted by atomic mass is 10.0. The van der Waals surface area contributed by atoms with Crippen LogP contribution in [0.1, 0.15) is 30.9 Å². The largest absolute Gasteiger partial charge is 0.476 e. The Morgan fingerprint density at radius 1 is 1.27 bits per heavy atom. The first kappa shape index (κ1) is 19.7. The van der Waals surface area contributed by atoms with E-state index in [2.05, 4.69) is 46.2 Å². The summed E-state index contributed by atoms with van der Waals surface area (Å²) in [6, 6.07) is 12.0. The minimum Gasteiger partial charge on any atom is -0.476 e. The van der Waals surface area contributed by atoms with Gasteiger partial charge in [0.15, 0.2) is 5.96 Å². The average Bonchev–Trinajstić information content (AvgIpc) is 2.60. The molecule has 1 aromatic carbocycles. The van der Waals surface area contributed by atoms with Crippen LogP contribution in [0, 0.1) is 0 Å². The van der Waals surface area contributed by atoms with E-state index in [4.69, 9.17) is 10.5 Å². The Balaban J connectivity index is 1.93. The molecule has 0 aliphatic rings. The fourth-order valence-corrected chi connectivity index (χ4v) is 2.30. The molecule has 0 unspecified atom stereocenters. The number of guanidine groups is 1. The van der Waals surface area contributed by atoms with Crippen molar-refractivity contribution in [3.05, 3.63) is 53.7 Å². The number of aromatic nitrogens is 1. The van der Waals surface area contributed by atoms with Crippen LogP contribution < -0.4 is 15.8 Å². The summed E-state index contributed by atoms with van der Waals surface area (Å²) in [7, 11) is 4.02. The molecule has 2 rings (SSSR count). The third kappa shape index (κ3) is 6.72. The molecular weight excluding hydrogens is 326 g/mol. The van der Waals surface area contributed by atoms with Crippen molar-refractivity contribution in [3.8, 4) is 5.88 Å². The smallest absolute Gasteiger partial charge is 0.213 e. The highest BCUT2D eigenvalue weighted by Gasteiger charge is 2.02. The van der Waals surface area contributed by atoms with Gasteiger partial charge in [-0.1, -0.05) is 26.0 Å². The summed E-state index contributed by atoms with van der Waals surface area (Å²) in [4.78, 5) is 10.7. The van der Waals surface area contributed by atoms with E-state index in [1.165, 1.54) is 5.56 Å². The second-order valence-corrected chi connectivity index (χ2v) is 6.76. The first-order chi connectivity index (χ1) is 12.4. The predicted octanol–water partition coefficient (Wildman–Crippen LogP) is 3.07. The molecule has 2 aromatic rings. The van der Waals surface area contributed by atoms with Gasteiger partial charge in [0, 0.05) is 24.5 Å². The van der Waals surface area contributed by atoms with Gasteiger partial charge in [0.25, 0.3) is 0 Å². The third-order valence-electron chi connectivity index (χ3n) is 3.85. The van der Waals surface area contributed by atoms with Crippen LogP contribution in [0.25, 0.3) is 0 Å². The van der Waals surface area contributed by atoms with Gasteiger partial charge < -0.3 is 20.7 Å². The van der Waals surface area contributed by atoms with Crippen molar-refractivity contribution in [2.45, 2.75) is 26.3 Å². The minimum atomic E-state index is 0.387. The van der Waals surface area contributed by atoms with E-state index in [9.17, 15) is 0 Å². The van der Waals surface area contributed by atoms with Crippen LogP contribution in [-0.2, 0) is 6.54 Å². The van der Waals surface area contributed by atoms with Crippen LogP contribution >= 0.6 is 0 Å². The molecule has 6 heteroatoms. The summed E-state index contributed by atoms with van der Waals surface area (Å²) in [5, 5.41) is 3.14. The van der Waals surface area contributed by atoms with Crippen molar-refractivity contribution in [1.82, 2.24) is 9.88 Å². The third-order valence-corrected chi connectivity index (χ3v) is 3.85. The number of rotatable bonds is 8. The maximum atomic E-state index is 6.02. The van der Waals surface area contributed by atoms with E-state index >= 15 is 0 Å². The number of benzene rings is 1. The SMILES string of the molecule is CC(C)c1cccc(NC(N)=NCc2ccnc(OCCN(C)C)c2)c1. The first-order valence-electron chi connectivity index (χ1n) is 8.83. The van der Waals surface area contributed by atoms with E-state index in [-0.39, 0.29) is 0 Å². The molecule has 6 nitrogen and oxygen atoms in total. The zero-order valence-electron chi connectivity index (χ0n) is 16.1. The van der Waals surface area contributed by atoms with Crippen molar-refractivity contribution in [2.75, 3.05) is 32.6 Å². The summed E-state index contributed by atoms with van der Waals surface area (Å²) in [6.07, 6.45) is 1.73. The number of likely N-dealkylation sites (N-methyl/N-ethyl adjacent to an activating group) is 1. The quantitative estimate of drug-likeness (QED) is 0.562. The molecule has 0 saturated heterocycles. The highest BCUT2D eigenvalue weighted by Crippen LogP contribution is 2.18. The molecular formula is C20H29N5O. The molecule has 0 spiro atoms. The maximum Gasteiger partial charge on any atom is 0.213 e. The number of nitrogens with two attached hydrogens (primary N) is 1. The van der Waals surface area contributed by atoms with E-state index in [1.54, 1.807) is 6.20 Å². The van der Waals surface area contributed by atoms with Gasteiger partial charge in [0.2, 0.25) is 5.88 Å². The van der Waals surface area contributed by atoms with Crippen LogP contribution in [-0.4, -0.2) is 43.1 Å². The topological polar surface area (TPSA) is 75.8 Å². The summed E-state index contributed by atoms with van der Waals surface area (Å²) >= 11 is 0. The molecule has 1 heterocycles. The van der Waals surface area contributed by atoms with E-state index in [1.807, 2.05) is 38.4 Å². The Morgan fingerprint density at radius 2 is 2.08 bits per heavy atom. The van der Waals surface area contributed by atoms with Crippen LogP contribution in [0.4, 0.5) is 5.69 Å². The molecule has 0 saturated carbocycles. The van der Waals surface area contributed by atoms with Crippen LogP contribution in [0.15, 0.2) is 47.6 Å². The fourth-order valence-electron chi connectivity index (χ4n) is 2.30. The van der Waals surface area contributed by atoms with Crippen molar-refractivity contribution in [3.63, 3.8) is 0 Å². The predicted molar refractivity (Wildman–Crippen MR) is 108 cm³/mol. The zero-order chi connectivity index (χ0) is 18.9.